The first-order chi connectivity index (χ1) is 8.15. The van der Waals surface area contributed by atoms with Gasteiger partial charge in [0.15, 0.2) is 0 Å². The van der Waals surface area contributed by atoms with Crippen molar-refractivity contribution in [2.45, 2.75) is 52.0 Å². The van der Waals surface area contributed by atoms with Crippen LogP contribution in [0.25, 0.3) is 0 Å². The second kappa shape index (κ2) is 5.85. The van der Waals surface area contributed by atoms with Crippen molar-refractivity contribution in [3.63, 3.8) is 0 Å². The molecule has 0 spiro atoms. The van der Waals surface area contributed by atoms with Gasteiger partial charge in [-0.15, -0.1) is 0 Å². The first kappa shape index (κ1) is 12.9. The average Bonchev–Trinajstić information content (AvgIpc) is 2.32. The first-order valence-corrected chi connectivity index (χ1v) is 7.16. The standard InChI is InChI=1S/C14H26N2O/c1-10-3-5-13(6-4-10)16-14(17)12-7-11(2)8-15-9-12/h10-13,15H,3-9H2,1-2H3,(H,16,17). The lowest BCUT2D eigenvalue weighted by Gasteiger charge is -2.31. The largest absolute Gasteiger partial charge is 0.353 e. The van der Waals surface area contributed by atoms with Gasteiger partial charge >= 0.3 is 0 Å². The Bertz CT molecular complexity index is 259. The molecule has 2 N–H and O–H groups in total. The normalized spacial score (nSPS) is 38.7. The van der Waals surface area contributed by atoms with Crippen LogP contribution in [0.4, 0.5) is 0 Å². The smallest absolute Gasteiger partial charge is 0.224 e. The molecule has 98 valence electrons. The molecule has 2 aliphatic rings. The summed E-state index contributed by atoms with van der Waals surface area (Å²) in [6.07, 6.45) is 5.92. The number of piperidine rings is 1. The molecule has 1 aliphatic carbocycles. The van der Waals surface area contributed by atoms with Gasteiger partial charge in [-0.2, -0.15) is 0 Å². The highest BCUT2D eigenvalue weighted by Gasteiger charge is 2.27. The zero-order valence-electron chi connectivity index (χ0n) is 11.2. The van der Waals surface area contributed by atoms with Crippen LogP contribution in [0.2, 0.25) is 0 Å². The molecule has 2 rings (SSSR count). The number of carbonyl (C=O) groups excluding carboxylic acids is 1. The Balaban J connectivity index is 1.76. The third-order valence-corrected chi connectivity index (χ3v) is 4.30. The molecule has 2 unspecified atom stereocenters. The van der Waals surface area contributed by atoms with Crippen LogP contribution in [0.3, 0.4) is 0 Å². The van der Waals surface area contributed by atoms with E-state index in [0.717, 1.165) is 25.4 Å². The molecule has 0 bridgehead atoms. The van der Waals surface area contributed by atoms with Crippen LogP contribution in [0, 0.1) is 17.8 Å². The summed E-state index contributed by atoms with van der Waals surface area (Å²) in [7, 11) is 0. The molecule has 3 heteroatoms. The molecular weight excluding hydrogens is 212 g/mol. The van der Waals surface area contributed by atoms with Crippen LogP contribution >= 0.6 is 0 Å². The second-order valence-corrected chi connectivity index (χ2v) is 6.16. The third-order valence-electron chi connectivity index (χ3n) is 4.30. The summed E-state index contributed by atoms with van der Waals surface area (Å²) < 4.78 is 0. The number of nitrogens with one attached hydrogen (secondary N) is 2. The van der Waals surface area contributed by atoms with E-state index in [-0.39, 0.29) is 11.8 Å². The zero-order valence-corrected chi connectivity index (χ0v) is 11.2. The van der Waals surface area contributed by atoms with Gasteiger partial charge in [-0.25, -0.2) is 0 Å². The fourth-order valence-corrected chi connectivity index (χ4v) is 3.08. The molecule has 17 heavy (non-hydrogen) atoms. The van der Waals surface area contributed by atoms with Gasteiger partial charge in [0.1, 0.15) is 0 Å². The zero-order chi connectivity index (χ0) is 12.3. The van der Waals surface area contributed by atoms with Gasteiger partial charge in [-0.3, -0.25) is 4.79 Å². The van der Waals surface area contributed by atoms with Gasteiger partial charge in [-0.05, 0) is 50.5 Å². The topological polar surface area (TPSA) is 41.1 Å². The van der Waals surface area contributed by atoms with E-state index in [1.165, 1.54) is 25.7 Å². The molecule has 1 amide bonds. The summed E-state index contributed by atoms with van der Waals surface area (Å²) in [5.41, 5.74) is 0. The minimum Gasteiger partial charge on any atom is -0.353 e. The van der Waals surface area contributed by atoms with Gasteiger partial charge in [0.2, 0.25) is 5.91 Å². The maximum absolute atomic E-state index is 12.1. The lowest BCUT2D eigenvalue weighted by atomic mass is 9.86. The molecule has 0 radical (unpaired) electrons. The predicted molar refractivity (Wildman–Crippen MR) is 69.7 cm³/mol. The van der Waals surface area contributed by atoms with E-state index in [1.807, 2.05) is 0 Å². The van der Waals surface area contributed by atoms with Crippen molar-refractivity contribution < 1.29 is 4.79 Å². The number of hydrogen-bond acceptors (Lipinski definition) is 2. The molecule has 2 atom stereocenters. The second-order valence-electron chi connectivity index (χ2n) is 6.16. The van der Waals surface area contributed by atoms with E-state index in [9.17, 15) is 4.79 Å². The van der Waals surface area contributed by atoms with E-state index >= 15 is 0 Å². The van der Waals surface area contributed by atoms with Crippen LogP contribution in [0.15, 0.2) is 0 Å². The van der Waals surface area contributed by atoms with Crippen molar-refractivity contribution in [3.8, 4) is 0 Å². The summed E-state index contributed by atoms with van der Waals surface area (Å²) in [6.45, 7) is 6.45. The molecule has 1 heterocycles. The molecule has 0 aromatic carbocycles. The molecule has 1 saturated carbocycles. The Labute approximate surface area is 105 Å². The Hall–Kier alpha value is -0.570. The van der Waals surface area contributed by atoms with Crippen LogP contribution < -0.4 is 10.6 Å². The minimum atomic E-state index is 0.193. The number of amides is 1. The van der Waals surface area contributed by atoms with E-state index < -0.39 is 0 Å². The molecule has 1 aliphatic heterocycles. The maximum Gasteiger partial charge on any atom is 0.224 e. The van der Waals surface area contributed by atoms with E-state index in [1.54, 1.807) is 0 Å². The highest BCUT2D eigenvalue weighted by molar-refractivity contribution is 5.79. The summed E-state index contributed by atoms with van der Waals surface area (Å²) in [4.78, 5) is 12.1. The fourth-order valence-electron chi connectivity index (χ4n) is 3.08. The molecule has 3 nitrogen and oxygen atoms in total. The Morgan fingerprint density at radius 3 is 2.41 bits per heavy atom. The maximum atomic E-state index is 12.1. The molecule has 0 aromatic heterocycles. The molecule has 0 aromatic rings. The first-order valence-electron chi connectivity index (χ1n) is 7.16. The van der Waals surface area contributed by atoms with Crippen molar-refractivity contribution in [2.75, 3.05) is 13.1 Å². The number of rotatable bonds is 2. The third kappa shape index (κ3) is 3.70. The number of hydrogen-bond donors (Lipinski definition) is 2. The van der Waals surface area contributed by atoms with Crippen molar-refractivity contribution >= 4 is 5.91 Å². The van der Waals surface area contributed by atoms with Gasteiger partial charge in [0, 0.05) is 12.6 Å². The van der Waals surface area contributed by atoms with E-state index in [0.29, 0.717) is 12.0 Å². The lowest BCUT2D eigenvalue weighted by Crippen LogP contribution is -2.47. The average molecular weight is 238 g/mol. The van der Waals surface area contributed by atoms with Gasteiger partial charge in [-0.1, -0.05) is 13.8 Å². The predicted octanol–water partition coefficient (Wildman–Crippen LogP) is 1.93. The number of carbonyl (C=O) groups is 1. The Morgan fingerprint density at radius 2 is 1.76 bits per heavy atom. The van der Waals surface area contributed by atoms with Gasteiger partial charge in [0.25, 0.3) is 0 Å². The SMILES string of the molecule is CC1CCC(NC(=O)C2CNCC(C)C2)CC1. The van der Waals surface area contributed by atoms with E-state index in [4.69, 9.17) is 0 Å². The highest BCUT2D eigenvalue weighted by Crippen LogP contribution is 2.24. The molecule has 1 saturated heterocycles. The fraction of sp³-hybridized carbons (Fsp3) is 0.929. The van der Waals surface area contributed by atoms with Crippen molar-refractivity contribution in [2.24, 2.45) is 17.8 Å². The minimum absolute atomic E-state index is 0.193. The Kier molecular flexibility index (Phi) is 4.43. The summed E-state index contributed by atoms with van der Waals surface area (Å²) in [5.74, 6) is 1.95. The summed E-state index contributed by atoms with van der Waals surface area (Å²) in [5, 5.41) is 6.60. The van der Waals surface area contributed by atoms with Crippen molar-refractivity contribution in [1.82, 2.24) is 10.6 Å². The summed E-state index contributed by atoms with van der Waals surface area (Å²) >= 11 is 0. The highest BCUT2D eigenvalue weighted by atomic mass is 16.2. The van der Waals surface area contributed by atoms with Crippen LogP contribution in [0.5, 0.6) is 0 Å². The van der Waals surface area contributed by atoms with Crippen LogP contribution in [0.1, 0.15) is 46.0 Å². The summed E-state index contributed by atoms with van der Waals surface area (Å²) in [6, 6.07) is 0.441. The van der Waals surface area contributed by atoms with E-state index in [2.05, 4.69) is 24.5 Å². The quantitative estimate of drug-likeness (QED) is 0.772. The molecular formula is C14H26N2O. The van der Waals surface area contributed by atoms with Crippen LogP contribution in [-0.2, 0) is 4.79 Å². The van der Waals surface area contributed by atoms with Crippen molar-refractivity contribution in [3.05, 3.63) is 0 Å². The molecule has 2 fully saturated rings. The van der Waals surface area contributed by atoms with Gasteiger partial charge < -0.3 is 10.6 Å². The van der Waals surface area contributed by atoms with Crippen molar-refractivity contribution in [1.29, 1.82) is 0 Å². The monoisotopic (exact) mass is 238 g/mol. The van der Waals surface area contributed by atoms with Gasteiger partial charge in [0.05, 0.1) is 5.92 Å². The lowest BCUT2D eigenvalue weighted by molar-refractivity contribution is -0.126. The van der Waals surface area contributed by atoms with Crippen LogP contribution in [-0.4, -0.2) is 25.0 Å². The Morgan fingerprint density at radius 1 is 1.06 bits per heavy atom.